The van der Waals surface area contributed by atoms with E-state index in [2.05, 4.69) is 40.3 Å². The summed E-state index contributed by atoms with van der Waals surface area (Å²) in [5.74, 6) is 0.00779. The van der Waals surface area contributed by atoms with Gasteiger partial charge in [-0.1, -0.05) is 30.3 Å². The smallest absolute Gasteiger partial charge is 0.270 e. The van der Waals surface area contributed by atoms with Gasteiger partial charge in [0.1, 0.15) is 5.71 Å². The number of piperidine rings is 1. The number of likely N-dealkylation sites (tertiary alicyclic amines) is 2. The fourth-order valence-corrected chi connectivity index (χ4v) is 4.88. The van der Waals surface area contributed by atoms with Crippen LogP contribution in [0.2, 0.25) is 0 Å². The van der Waals surface area contributed by atoms with Crippen LogP contribution in [-0.4, -0.2) is 72.1 Å². The van der Waals surface area contributed by atoms with Crippen LogP contribution in [0.5, 0.6) is 0 Å². The minimum atomic E-state index is -0.0178. The number of carbonyl (C=O) groups is 2. The molecule has 0 bridgehead atoms. The highest BCUT2D eigenvalue weighted by Crippen LogP contribution is 2.39. The van der Waals surface area contributed by atoms with E-state index >= 15 is 0 Å². The van der Waals surface area contributed by atoms with Crippen LogP contribution in [0.1, 0.15) is 37.7 Å². The maximum atomic E-state index is 12.9. The summed E-state index contributed by atoms with van der Waals surface area (Å²) in [6.45, 7) is 4.95. The molecule has 150 valence electrons. The molecule has 3 heterocycles. The third-order valence-corrected chi connectivity index (χ3v) is 6.48. The Labute approximate surface area is 167 Å². The highest BCUT2D eigenvalue weighted by molar-refractivity contribution is 6.39. The number of hydrazone groups is 1. The van der Waals surface area contributed by atoms with Crippen LogP contribution in [-0.2, 0) is 16.0 Å². The van der Waals surface area contributed by atoms with Crippen LogP contribution in [0.15, 0.2) is 35.4 Å². The van der Waals surface area contributed by atoms with Crippen LogP contribution in [0, 0.1) is 5.41 Å². The Morgan fingerprint density at radius 3 is 2.71 bits per heavy atom. The zero-order chi connectivity index (χ0) is 19.6. The number of hydrogen-bond donors (Lipinski definition) is 0. The van der Waals surface area contributed by atoms with Gasteiger partial charge in [-0.25, -0.2) is 5.01 Å². The maximum Gasteiger partial charge on any atom is 0.270 e. The second-order valence-corrected chi connectivity index (χ2v) is 8.56. The molecule has 1 atom stereocenters. The van der Waals surface area contributed by atoms with Gasteiger partial charge in [-0.3, -0.25) is 9.59 Å². The van der Waals surface area contributed by atoms with Crippen molar-refractivity contribution in [3.05, 3.63) is 35.9 Å². The van der Waals surface area contributed by atoms with Crippen molar-refractivity contribution in [1.29, 1.82) is 0 Å². The molecule has 1 spiro atoms. The molecule has 28 heavy (non-hydrogen) atoms. The lowest BCUT2D eigenvalue weighted by Gasteiger charge is -2.40. The average Bonchev–Trinajstić information content (AvgIpc) is 3.12. The molecule has 4 rings (SSSR count). The van der Waals surface area contributed by atoms with Crippen LogP contribution < -0.4 is 0 Å². The van der Waals surface area contributed by atoms with Gasteiger partial charge in [0.15, 0.2) is 0 Å². The van der Waals surface area contributed by atoms with Crippen LogP contribution in [0.25, 0.3) is 0 Å². The van der Waals surface area contributed by atoms with Gasteiger partial charge in [-0.05, 0) is 37.8 Å². The molecular formula is C22H30N4O2. The molecule has 2 saturated heterocycles. The first kappa shape index (κ1) is 19.1. The molecule has 0 aromatic heterocycles. The van der Waals surface area contributed by atoms with Gasteiger partial charge in [0, 0.05) is 51.5 Å². The maximum absolute atomic E-state index is 12.9. The lowest BCUT2D eigenvalue weighted by molar-refractivity contribution is -0.130. The molecule has 6 nitrogen and oxygen atoms in total. The summed E-state index contributed by atoms with van der Waals surface area (Å²) in [6.07, 6.45) is 5.40. The highest BCUT2D eigenvalue weighted by atomic mass is 16.2. The number of nitrogens with zero attached hydrogens (tertiary/aromatic N) is 4. The van der Waals surface area contributed by atoms with Gasteiger partial charge in [0.2, 0.25) is 5.91 Å². The van der Waals surface area contributed by atoms with Gasteiger partial charge in [-0.2, -0.15) is 5.10 Å². The van der Waals surface area contributed by atoms with Crippen molar-refractivity contribution in [3.8, 4) is 0 Å². The van der Waals surface area contributed by atoms with Crippen LogP contribution >= 0.6 is 0 Å². The summed E-state index contributed by atoms with van der Waals surface area (Å²) >= 11 is 0. The molecule has 6 heteroatoms. The number of amides is 2. The van der Waals surface area contributed by atoms with Crippen molar-refractivity contribution in [1.82, 2.24) is 14.8 Å². The molecule has 2 amide bonds. The van der Waals surface area contributed by atoms with E-state index in [0.29, 0.717) is 18.6 Å². The molecule has 0 saturated carbocycles. The van der Waals surface area contributed by atoms with E-state index < -0.39 is 0 Å². The molecule has 2 fully saturated rings. The van der Waals surface area contributed by atoms with E-state index in [9.17, 15) is 9.59 Å². The third kappa shape index (κ3) is 4.12. The summed E-state index contributed by atoms with van der Waals surface area (Å²) < 4.78 is 0. The van der Waals surface area contributed by atoms with Gasteiger partial charge in [0.05, 0.1) is 0 Å². The Bertz CT molecular complexity index is 763. The van der Waals surface area contributed by atoms with E-state index in [1.807, 2.05) is 4.90 Å². The van der Waals surface area contributed by atoms with Crippen LogP contribution in [0.3, 0.4) is 0 Å². The SMILES string of the molecule is CN1N=C(C(=O)N2CC[C@]3(CCCN(CCc4ccccc4)C3)C2)CCC1=O. The largest absolute Gasteiger partial charge is 0.337 e. The minimum absolute atomic E-state index is 0.0178. The lowest BCUT2D eigenvalue weighted by atomic mass is 9.79. The topological polar surface area (TPSA) is 56.2 Å². The second kappa shape index (κ2) is 8.03. The first-order chi connectivity index (χ1) is 13.5. The normalized spacial score (nSPS) is 26.0. The van der Waals surface area contributed by atoms with Crippen molar-refractivity contribution >= 4 is 17.5 Å². The van der Waals surface area contributed by atoms with E-state index in [0.717, 1.165) is 45.6 Å². The van der Waals surface area contributed by atoms with E-state index in [1.54, 1.807) is 7.05 Å². The fourth-order valence-electron chi connectivity index (χ4n) is 4.88. The Hall–Kier alpha value is -2.21. The summed E-state index contributed by atoms with van der Waals surface area (Å²) in [7, 11) is 1.63. The molecule has 0 radical (unpaired) electrons. The average molecular weight is 383 g/mol. The summed E-state index contributed by atoms with van der Waals surface area (Å²) in [6, 6.07) is 10.7. The standard InChI is InChI=1S/C22H30N4O2/c1-24-20(27)9-8-19(23-24)21(28)26-15-12-22(17-26)11-5-13-25(16-22)14-10-18-6-3-2-4-7-18/h2-4,6-7H,5,8-17H2,1H3/t22-/m0/s1. The van der Waals surface area contributed by atoms with Gasteiger partial charge in [0.25, 0.3) is 5.91 Å². The molecule has 3 aliphatic rings. The molecule has 0 unspecified atom stereocenters. The van der Waals surface area contributed by atoms with E-state index in [1.165, 1.54) is 23.4 Å². The Kier molecular flexibility index (Phi) is 5.49. The Morgan fingerprint density at radius 2 is 1.93 bits per heavy atom. The molecular weight excluding hydrogens is 352 g/mol. The van der Waals surface area contributed by atoms with Gasteiger partial charge < -0.3 is 9.80 Å². The summed E-state index contributed by atoms with van der Waals surface area (Å²) in [5.41, 5.74) is 2.15. The molecule has 0 aliphatic carbocycles. The quantitative estimate of drug-likeness (QED) is 0.802. The van der Waals surface area contributed by atoms with Crippen molar-refractivity contribution in [2.75, 3.05) is 39.8 Å². The zero-order valence-electron chi connectivity index (χ0n) is 16.8. The second-order valence-electron chi connectivity index (χ2n) is 8.56. The monoisotopic (exact) mass is 382 g/mol. The Morgan fingerprint density at radius 1 is 1.11 bits per heavy atom. The lowest BCUT2D eigenvalue weighted by Crippen LogP contribution is -2.47. The number of carbonyl (C=O) groups excluding carboxylic acids is 2. The van der Waals surface area contributed by atoms with Crippen LogP contribution in [0.4, 0.5) is 0 Å². The number of benzene rings is 1. The zero-order valence-corrected chi connectivity index (χ0v) is 16.8. The van der Waals surface area contributed by atoms with Gasteiger partial charge in [-0.15, -0.1) is 0 Å². The minimum Gasteiger partial charge on any atom is -0.337 e. The van der Waals surface area contributed by atoms with Crippen molar-refractivity contribution in [3.63, 3.8) is 0 Å². The van der Waals surface area contributed by atoms with Crippen molar-refractivity contribution in [2.45, 2.75) is 38.5 Å². The summed E-state index contributed by atoms with van der Waals surface area (Å²) in [4.78, 5) is 29.1. The molecule has 3 aliphatic heterocycles. The molecule has 1 aromatic carbocycles. The first-order valence-corrected chi connectivity index (χ1v) is 10.4. The first-order valence-electron chi connectivity index (χ1n) is 10.4. The third-order valence-electron chi connectivity index (χ3n) is 6.48. The Balaban J connectivity index is 1.35. The highest BCUT2D eigenvalue weighted by Gasteiger charge is 2.43. The molecule has 1 aromatic rings. The van der Waals surface area contributed by atoms with E-state index in [4.69, 9.17) is 0 Å². The predicted molar refractivity (Wildman–Crippen MR) is 109 cm³/mol. The van der Waals surface area contributed by atoms with Crippen molar-refractivity contribution in [2.24, 2.45) is 10.5 Å². The predicted octanol–water partition coefficient (Wildman–Crippen LogP) is 2.15. The van der Waals surface area contributed by atoms with Crippen molar-refractivity contribution < 1.29 is 9.59 Å². The number of hydrogen-bond acceptors (Lipinski definition) is 4. The fraction of sp³-hybridized carbons (Fsp3) is 0.591. The molecule has 0 N–H and O–H groups in total. The van der Waals surface area contributed by atoms with Gasteiger partial charge >= 0.3 is 0 Å². The van der Waals surface area contributed by atoms with E-state index in [-0.39, 0.29) is 17.2 Å². The number of rotatable bonds is 4. The summed E-state index contributed by atoms with van der Waals surface area (Å²) in [5, 5.41) is 5.53.